The van der Waals surface area contributed by atoms with Gasteiger partial charge in [0.25, 0.3) is 5.91 Å². The van der Waals surface area contributed by atoms with Gasteiger partial charge in [-0.2, -0.15) is 5.10 Å². The maximum Gasteiger partial charge on any atom is 0.263 e. The van der Waals surface area contributed by atoms with Gasteiger partial charge in [0.2, 0.25) is 5.13 Å². The molecule has 0 radical (unpaired) electrons. The minimum atomic E-state index is -0.132. The number of carbonyl (C=O) groups excluding carboxylic acids is 1. The maximum absolute atomic E-state index is 12.4. The molecule has 0 aliphatic rings. The standard InChI is InChI=1S/C17H17ClN4OS/c1-10-14(18)12(3)22(21-10)17-20-11(2)15(24-17)16(23)19-9-13-7-5-4-6-8-13/h4-8H,9H2,1-3H3,(H,19,23). The molecule has 0 saturated carbocycles. The monoisotopic (exact) mass is 360 g/mol. The molecule has 3 aromatic rings. The van der Waals surface area contributed by atoms with Crippen LogP contribution in [-0.2, 0) is 6.54 Å². The van der Waals surface area contributed by atoms with Crippen molar-refractivity contribution in [2.45, 2.75) is 27.3 Å². The third kappa shape index (κ3) is 3.20. The molecule has 1 N–H and O–H groups in total. The Morgan fingerprint density at radius 2 is 1.92 bits per heavy atom. The van der Waals surface area contributed by atoms with Gasteiger partial charge >= 0.3 is 0 Å². The number of hydrogen-bond acceptors (Lipinski definition) is 4. The van der Waals surface area contributed by atoms with Gasteiger partial charge in [0, 0.05) is 6.54 Å². The third-order valence-electron chi connectivity index (χ3n) is 3.67. The van der Waals surface area contributed by atoms with Crippen LogP contribution in [0.25, 0.3) is 5.13 Å². The zero-order valence-electron chi connectivity index (χ0n) is 13.6. The minimum Gasteiger partial charge on any atom is -0.347 e. The lowest BCUT2D eigenvalue weighted by molar-refractivity contribution is 0.0954. The van der Waals surface area contributed by atoms with Crippen LogP contribution in [0.5, 0.6) is 0 Å². The van der Waals surface area contributed by atoms with Gasteiger partial charge in [-0.15, -0.1) is 0 Å². The van der Waals surface area contributed by atoms with Crippen LogP contribution in [0.4, 0.5) is 0 Å². The van der Waals surface area contributed by atoms with Gasteiger partial charge in [0.1, 0.15) is 4.88 Å². The zero-order valence-corrected chi connectivity index (χ0v) is 15.2. The number of nitrogens with one attached hydrogen (secondary N) is 1. The van der Waals surface area contributed by atoms with Crippen molar-refractivity contribution in [3.8, 4) is 5.13 Å². The average molecular weight is 361 g/mol. The number of rotatable bonds is 4. The molecule has 3 rings (SSSR count). The molecule has 24 heavy (non-hydrogen) atoms. The molecule has 0 aliphatic heterocycles. The number of nitrogens with zero attached hydrogens (tertiary/aromatic N) is 3. The number of aromatic nitrogens is 3. The molecule has 2 aromatic heterocycles. The molecule has 0 saturated heterocycles. The largest absolute Gasteiger partial charge is 0.347 e. The first kappa shape index (κ1) is 16.7. The van der Waals surface area contributed by atoms with Crippen LogP contribution in [0.3, 0.4) is 0 Å². The van der Waals surface area contributed by atoms with E-state index in [1.807, 2.05) is 51.1 Å². The summed E-state index contributed by atoms with van der Waals surface area (Å²) in [5, 5.41) is 8.58. The number of aryl methyl sites for hydroxylation is 2. The first-order valence-electron chi connectivity index (χ1n) is 7.49. The summed E-state index contributed by atoms with van der Waals surface area (Å²) in [5.41, 5.74) is 3.30. The Morgan fingerprint density at radius 3 is 2.54 bits per heavy atom. The van der Waals surface area contributed by atoms with Crippen molar-refractivity contribution in [1.82, 2.24) is 20.1 Å². The van der Waals surface area contributed by atoms with Gasteiger partial charge in [-0.1, -0.05) is 53.3 Å². The fraction of sp³-hybridized carbons (Fsp3) is 0.235. The van der Waals surface area contributed by atoms with Gasteiger partial charge in [-0.05, 0) is 26.3 Å². The molecule has 5 nitrogen and oxygen atoms in total. The lowest BCUT2D eigenvalue weighted by Gasteiger charge is -2.03. The van der Waals surface area contributed by atoms with E-state index in [1.54, 1.807) is 4.68 Å². The van der Waals surface area contributed by atoms with Gasteiger partial charge in [0.05, 0.1) is 22.1 Å². The Bertz CT molecular complexity index is 886. The number of carbonyl (C=O) groups is 1. The normalized spacial score (nSPS) is 10.8. The minimum absolute atomic E-state index is 0.132. The first-order chi connectivity index (χ1) is 11.5. The van der Waals surface area contributed by atoms with E-state index in [4.69, 9.17) is 11.6 Å². The quantitative estimate of drug-likeness (QED) is 0.769. The van der Waals surface area contributed by atoms with Crippen LogP contribution in [0.15, 0.2) is 30.3 Å². The molecule has 0 aliphatic carbocycles. The van der Waals surface area contributed by atoms with Gasteiger partial charge < -0.3 is 5.32 Å². The second kappa shape index (κ2) is 6.75. The molecular formula is C17H17ClN4OS. The highest BCUT2D eigenvalue weighted by atomic mass is 35.5. The predicted molar refractivity (Wildman–Crippen MR) is 96.1 cm³/mol. The Kier molecular flexibility index (Phi) is 4.69. The second-order valence-electron chi connectivity index (χ2n) is 5.48. The Morgan fingerprint density at radius 1 is 1.21 bits per heavy atom. The number of benzene rings is 1. The first-order valence-corrected chi connectivity index (χ1v) is 8.68. The highest BCUT2D eigenvalue weighted by molar-refractivity contribution is 7.16. The molecule has 124 valence electrons. The van der Waals surface area contributed by atoms with E-state index in [1.165, 1.54) is 11.3 Å². The van der Waals surface area contributed by atoms with Crippen molar-refractivity contribution >= 4 is 28.8 Å². The molecule has 7 heteroatoms. The number of hydrogen-bond donors (Lipinski definition) is 1. The Balaban J connectivity index is 1.81. The van der Waals surface area contributed by atoms with E-state index in [2.05, 4.69) is 15.4 Å². The fourth-order valence-electron chi connectivity index (χ4n) is 2.35. The van der Waals surface area contributed by atoms with Crippen molar-refractivity contribution in [2.24, 2.45) is 0 Å². The SMILES string of the molecule is Cc1nc(-n2nc(C)c(Cl)c2C)sc1C(=O)NCc1ccccc1. The van der Waals surface area contributed by atoms with E-state index in [0.29, 0.717) is 27.3 Å². The molecule has 0 unspecified atom stereocenters. The summed E-state index contributed by atoms with van der Waals surface area (Å²) in [7, 11) is 0. The van der Waals surface area contributed by atoms with E-state index in [9.17, 15) is 4.79 Å². The highest BCUT2D eigenvalue weighted by Gasteiger charge is 2.19. The predicted octanol–water partition coefficient (Wildman–Crippen LogP) is 3.84. The van der Waals surface area contributed by atoms with Gasteiger partial charge in [-0.3, -0.25) is 4.79 Å². The molecular weight excluding hydrogens is 344 g/mol. The van der Waals surface area contributed by atoms with Crippen molar-refractivity contribution in [2.75, 3.05) is 0 Å². The summed E-state index contributed by atoms with van der Waals surface area (Å²) >= 11 is 7.50. The van der Waals surface area contributed by atoms with E-state index in [-0.39, 0.29) is 5.91 Å². The smallest absolute Gasteiger partial charge is 0.263 e. The van der Waals surface area contributed by atoms with Crippen LogP contribution in [0.2, 0.25) is 5.02 Å². The molecule has 0 spiro atoms. The van der Waals surface area contributed by atoms with Crippen LogP contribution in [0, 0.1) is 20.8 Å². The third-order valence-corrected chi connectivity index (χ3v) is 5.35. The number of halogens is 1. The topological polar surface area (TPSA) is 59.8 Å². The van der Waals surface area contributed by atoms with Crippen molar-refractivity contribution in [1.29, 1.82) is 0 Å². The molecule has 2 heterocycles. The molecule has 0 fully saturated rings. The van der Waals surface area contributed by atoms with Crippen LogP contribution in [0.1, 0.15) is 32.3 Å². The second-order valence-corrected chi connectivity index (χ2v) is 6.83. The van der Waals surface area contributed by atoms with E-state index < -0.39 is 0 Å². The van der Waals surface area contributed by atoms with Crippen LogP contribution < -0.4 is 5.32 Å². The van der Waals surface area contributed by atoms with Crippen LogP contribution >= 0.6 is 22.9 Å². The van der Waals surface area contributed by atoms with Crippen molar-refractivity contribution in [3.05, 3.63) is 62.9 Å². The summed E-state index contributed by atoms with van der Waals surface area (Å²) in [6.45, 7) is 6.04. The highest BCUT2D eigenvalue weighted by Crippen LogP contribution is 2.26. The summed E-state index contributed by atoms with van der Waals surface area (Å²) in [6.07, 6.45) is 0. The molecule has 0 atom stereocenters. The summed E-state index contributed by atoms with van der Waals surface area (Å²) < 4.78 is 1.68. The lowest BCUT2D eigenvalue weighted by atomic mass is 10.2. The average Bonchev–Trinajstić information content (AvgIpc) is 3.09. The number of thiazole rings is 1. The Hall–Kier alpha value is -2.18. The van der Waals surface area contributed by atoms with Crippen molar-refractivity contribution < 1.29 is 4.79 Å². The lowest BCUT2D eigenvalue weighted by Crippen LogP contribution is -2.22. The number of amides is 1. The van der Waals surface area contributed by atoms with E-state index >= 15 is 0 Å². The molecule has 1 amide bonds. The van der Waals surface area contributed by atoms with Gasteiger partial charge in [-0.25, -0.2) is 9.67 Å². The van der Waals surface area contributed by atoms with Gasteiger partial charge in [0.15, 0.2) is 0 Å². The maximum atomic E-state index is 12.4. The summed E-state index contributed by atoms with van der Waals surface area (Å²) in [4.78, 5) is 17.5. The van der Waals surface area contributed by atoms with Crippen LogP contribution in [-0.4, -0.2) is 20.7 Å². The molecule has 1 aromatic carbocycles. The van der Waals surface area contributed by atoms with Crippen molar-refractivity contribution in [3.63, 3.8) is 0 Å². The van der Waals surface area contributed by atoms with E-state index in [0.717, 1.165) is 17.0 Å². The molecule has 0 bridgehead atoms. The fourth-order valence-corrected chi connectivity index (χ4v) is 3.46. The summed E-state index contributed by atoms with van der Waals surface area (Å²) in [6, 6.07) is 9.80. The summed E-state index contributed by atoms with van der Waals surface area (Å²) in [5.74, 6) is -0.132. The zero-order chi connectivity index (χ0) is 17.3. The Labute approximate surface area is 149 Å².